The van der Waals surface area contributed by atoms with E-state index in [4.69, 9.17) is 4.74 Å². The van der Waals surface area contributed by atoms with Gasteiger partial charge in [0.25, 0.3) is 0 Å². The molecule has 0 radical (unpaired) electrons. The van der Waals surface area contributed by atoms with Crippen LogP contribution < -0.4 is 10.6 Å². The summed E-state index contributed by atoms with van der Waals surface area (Å²) in [6.07, 6.45) is 0.954. The average Bonchev–Trinajstić information content (AvgIpc) is 3.06. The van der Waals surface area contributed by atoms with Crippen LogP contribution in [0.25, 0.3) is 10.6 Å². The monoisotopic (exact) mass is 332 g/mol. The van der Waals surface area contributed by atoms with Gasteiger partial charge in [0.1, 0.15) is 5.01 Å². The van der Waals surface area contributed by atoms with Crippen molar-refractivity contribution in [2.45, 2.75) is 19.9 Å². The molecule has 0 bridgehead atoms. The van der Waals surface area contributed by atoms with Gasteiger partial charge < -0.3 is 15.4 Å². The number of guanidine groups is 1. The van der Waals surface area contributed by atoms with Crippen molar-refractivity contribution in [3.63, 3.8) is 0 Å². The molecule has 0 atom stereocenters. The minimum atomic E-state index is 0.572. The molecule has 0 fully saturated rings. The van der Waals surface area contributed by atoms with Gasteiger partial charge >= 0.3 is 0 Å². The largest absolute Gasteiger partial charge is 0.385 e. The molecule has 0 aliphatic rings. The molecule has 1 heterocycles. The van der Waals surface area contributed by atoms with E-state index in [1.165, 1.54) is 0 Å². The Hall–Kier alpha value is -1.92. The third-order valence-electron chi connectivity index (χ3n) is 3.13. The summed E-state index contributed by atoms with van der Waals surface area (Å²) in [5.74, 6) is 0.817. The molecule has 0 saturated carbocycles. The fraction of sp³-hybridized carbons (Fsp3) is 0.412. The molecular formula is C17H24N4OS. The van der Waals surface area contributed by atoms with Crippen molar-refractivity contribution < 1.29 is 4.74 Å². The average molecular weight is 332 g/mol. The van der Waals surface area contributed by atoms with Crippen molar-refractivity contribution in [3.05, 3.63) is 41.4 Å². The van der Waals surface area contributed by atoms with E-state index in [1.807, 2.05) is 18.2 Å². The number of methoxy groups -OCH3 is 1. The highest BCUT2D eigenvalue weighted by Crippen LogP contribution is 2.23. The maximum atomic E-state index is 5.05. The fourth-order valence-corrected chi connectivity index (χ4v) is 2.84. The molecule has 0 aliphatic heterocycles. The van der Waals surface area contributed by atoms with Crippen molar-refractivity contribution >= 4 is 17.3 Å². The smallest absolute Gasteiger partial charge is 0.191 e. The molecule has 0 aliphatic carbocycles. The highest BCUT2D eigenvalue weighted by Gasteiger charge is 2.04. The van der Waals surface area contributed by atoms with Gasteiger partial charge in [0.2, 0.25) is 0 Å². The van der Waals surface area contributed by atoms with Gasteiger partial charge in [-0.25, -0.2) is 9.98 Å². The maximum absolute atomic E-state index is 5.05. The number of hydrogen-bond donors (Lipinski definition) is 2. The Kier molecular flexibility index (Phi) is 7.56. The topological polar surface area (TPSA) is 58.5 Å². The number of ether oxygens (including phenoxy) is 1. The number of aliphatic imine (C=N–C) groups is 1. The minimum Gasteiger partial charge on any atom is -0.385 e. The molecule has 2 rings (SSSR count). The Morgan fingerprint density at radius 3 is 2.83 bits per heavy atom. The zero-order valence-electron chi connectivity index (χ0n) is 13.7. The third kappa shape index (κ3) is 6.00. The summed E-state index contributed by atoms with van der Waals surface area (Å²) >= 11 is 1.65. The molecule has 6 heteroatoms. The number of hydrogen-bond acceptors (Lipinski definition) is 4. The molecule has 2 aromatic rings. The van der Waals surface area contributed by atoms with Gasteiger partial charge in [-0.2, -0.15) is 0 Å². The summed E-state index contributed by atoms with van der Waals surface area (Å²) in [7, 11) is 1.71. The van der Waals surface area contributed by atoms with Crippen molar-refractivity contribution in [1.82, 2.24) is 15.6 Å². The molecule has 124 valence electrons. The van der Waals surface area contributed by atoms with Crippen LogP contribution in [0.15, 0.2) is 40.7 Å². The number of thiazole rings is 1. The Morgan fingerprint density at radius 2 is 2.09 bits per heavy atom. The molecule has 23 heavy (non-hydrogen) atoms. The first-order valence-corrected chi connectivity index (χ1v) is 8.72. The van der Waals surface area contributed by atoms with Crippen molar-refractivity contribution in [2.75, 3.05) is 26.8 Å². The highest BCUT2D eigenvalue weighted by molar-refractivity contribution is 7.13. The van der Waals surface area contributed by atoms with E-state index >= 15 is 0 Å². The summed E-state index contributed by atoms with van der Waals surface area (Å²) in [6, 6.07) is 10.2. The van der Waals surface area contributed by atoms with Crippen LogP contribution in [0.5, 0.6) is 0 Å². The van der Waals surface area contributed by atoms with Gasteiger partial charge in [0.05, 0.1) is 12.2 Å². The lowest BCUT2D eigenvalue weighted by atomic mass is 10.2. The lowest BCUT2D eigenvalue weighted by molar-refractivity contribution is 0.195. The Bertz CT molecular complexity index is 598. The van der Waals surface area contributed by atoms with Crippen molar-refractivity contribution in [2.24, 2.45) is 4.99 Å². The highest BCUT2D eigenvalue weighted by atomic mass is 32.1. The van der Waals surface area contributed by atoms with Gasteiger partial charge in [0.15, 0.2) is 5.96 Å². The lowest BCUT2D eigenvalue weighted by Crippen LogP contribution is -2.38. The van der Waals surface area contributed by atoms with E-state index in [2.05, 4.69) is 45.0 Å². The Morgan fingerprint density at radius 1 is 1.26 bits per heavy atom. The Balaban J connectivity index is 1.92. The van der Waals surface area contributed by atoms with Gasteiger partial charge in [-0.3, -0.25) is 0 Å². The van der Waals surface area contributed by atoms with Gasteiger partial charge in [-0.1, -0.05) is 30.3 Å². The van der Waals surface area contributed by atoms with Crippen LogP contribution in [0.2, 0.25) is 0 Å². The molecule has 1 aromatic carbocycles. The summed E-state index contributed by atoms with van der Waals surface area (Å²) in [4.78, 5) is 9.24. The maximum Gasteiger partial charge on any atom is 0.191 e. The molecule has 0 amide bonds. The number of nitrogens with zero attached hydrogens (tertiary/aromatic N) is 2. The third-order valence-corrected chi connectivity index (χ3v) is 4.07. The molecule has 5 nitrogen and oxygen atoms in total. The standard InChI is InChI=1S/C17H24N4OS/c1-3-18-17(19-10-7-11-22-2)20-12-15-13-23-16(21-15)14-8-5-4-6-9-14/h4-6,8-9,13H,3,7,10-12H2,1-2H3,(H2,18,19,20). The normalized spacial score (nSPS) is 11.5. The molecule has 2 N–H and O–H groups in total. The first-order valence-electron chi connectivity index (χ1n) is 7.84. The molecule has 0 unspecified atom stereocenters. The van der Waals surface area contributed by atoms with Crippen LogP contribution in [0.4, 0.5) is 0 Å². The summed E-state index contributed by atoms with van der Waals surface area (Å²) in [6.45, 7) is 5.05. The molecular weight excluding hydrogens is 308 g/mol. The van der Waals surface area contributed by atoms with Crippen LogP contribution >= 0.6 is 11.3 Å². The number of nitrogens with one attached hydrogen (secondary N) is 2. The number of aromatic nitrogens is 1. The lowest BCUT2D eigenvalue weighted by Gasteiger charge is -2.10. The first kappa shape index (κ1) is 17.4. The van der Waals surface area contributed by atoms with E-state index in [9.17, 15) is 0 Å². The quantitative estimate of drug-likeness (QED) is 0.443. The van der Waals surface area contributed by atoms with E-state index in [1.54, 1.807) is 18.4 Å². The summed E-state index contributed by atoms with van der Waals surface area (Å²) < 4.78 is 5.05. The molecule has 1 aromatic heterocycles. The van der Waals surface area contributed by atoms with E-state index in [-0.39, 0.29) is 0 Å². The molecule has 0 spiro atoms. The summed E-state index contributed by atoms with van der Waals surface area (Å²) in [5, 5.41) is 9.65. The van der Waals surface area contributed by atoms with E-state index in [0.29, 0.717) is 6.54 Å². The number of benzene rings is 1. The minimum absolute atomic E-state index is 0.572. The number of rotatable bonds is 8. The SMILES string of the molecule is CCNC(=NCc1csc(-c2ccccc2)n1)NCCCOC. The van der Waals surface area contributed by atoms with Crippen LogP contribution in [0.3, 0.4) is 0 Å². The van der Waals surface area contributed by atoms with Crippen molar-refractivity contribution in [3.8, 4) is 10.6 Å². The predicted octanol–water partition coefficient (Wildman–Crippen LogP) is 2.90. The zero-order chi connectivity index (χ0) is 16.3. The van der Waals surface area contributed by atoms with Gasteiger partial charge in [-0.15, -0.1) is 11.3 Å². The van der Waals surface area contributed by atoms with Crippen LogP contribution in [0.1, 0.15) is 19.0 Å². The first-order chi connectivity index (χ1) is 11.3. The second-order valence-electron chi connectivity index (χ2n) is 4.98. The second kappa shape index (κ2) is 9.97. The van der Waals surface area contributed by atoms with Crippen LogP contribution in [-0.4, -0.2) is 37.7 Å². The van der Waals surface area contributed by atoms with Crippen LogP contribution in [-0.2, 0) is 11.3 Å². The molecule has 0 saturated heterocycles. The van der Waals surface area contributed by atoms with Crippen molar-refractivity contribution in [1.29, 1.82) is 0 Å². The predicted molar refractivity (Wildman–Crippen MR) is 96.9 cm³/mol. The Labute approximate surface area is 141 Å². The summed E-state index contributed by atoms with van der Waals surface area (Å²) in [5.41, 5.74) is 2.14. The van der Waals surface area contributed by atoms with E-state index in [0.717, 1.165) is 48.3 Å². The van der Waals surface area contributed by atoms with E-state index < -0.39 is 0 Å². The zero-order valence-corrected chi connectivity index (χ0v) is 14.5. The van der Waals surface area contributed by atoms with Crippen LogP contribution in [0, 0.1) is 0 Å². The fourth-order valence-electron chi connectivity index (χ4n) is 2.02. The van der Waals surface area contributed by atoms with Gasteiger partial charge in [0, 0.05) is 37.7 Å². The second-order valence-corrected chi connectivity index (χ2v) is 5.84. The van der Waals surface area contributed by atoms with Gasteiger partial charge in [-0.05, 0) is 13.3 Å².